The predicted octanol–water partition coefficient (Wildman–Crippen LogP) is 1.63. The number of fused-ring (bicyclic) bond motifs is 2. The molecule has 3 atom stereocenters. The highest BCUT2D eigenvalue weighted by molar-refractivity contribution is 6.30. The Balaban J connectivity index is 2.08. The molecule has 2 bridgehead atoms. The average molecular weight is 285 g/mol. The van der Waals surface area contributed by atoms with E-state index in [1.807, 2.05) is 6.92 Å². The van der Waals surface area contributed by atoms with E-state index in [4.69, 9.17) is 16.3 Å². The SMILES string of the molecule is CCCc1c(Cl)[nH]c(=O)n(C2CC3CCC2O3)c1=O. The number of rotatable bonds is 3. The molecule has 3 unspecified atom stereocenters. The van der Waals surface area contributed by atoms with Gasteiger partial charge in [0.15, 0.2) is 0 Å². The van der Waals surface area contributed by atoms with E-state index in [0.717, 1.165) is 25.7 Å². The first-order chi connectivity index (χ1) is 9.11. The van der Waals surface area contributed by atoms with Crippen molar-refractivity contribution in [3.63, 3.8) is 0 Å². The summed E-state index contributed by atoms with van der Waals surface area (Å²) in [6.07, 6.45) is 4.30. The van der Waals surface area contributed by atoms with Crippen LogP contribution in [-0.4, -0.2) is 21.8 Å². The summed E-state index contributed by atoms with van der Waals surface area (Å²) in [6, 6.07) is -0.136. The van der Waals surface area contributed by atoms with Gasteiger partial charge in [-0.1, -0.05) is 24.9 Å². The smallest absolute Gasteiger partial charge is 0.329 e. The lowest BCUT2D eigenvalue weighted by Gasteiger charge is -2.21. The first-order valence-electron chi connectivity index (χ1n) is 6.80. The third-order valence-electron chi connectivity index (χ3n) is 4.08. The molecule has 6 heteroatoms. The van der Waals surface area contributed by atoms with Crippen LogP contribution in [-0.2, 0) is 11.2 Å². The van der Waals surface area contributed by atoms with E-state index in [0.29, 0.717) is 12.0 Å². The van der Waals surface area contributed by atoms with Crippen molar-refractivity contribution >= 4 is 11.6 Å². The number of nitrogens with one attached hydrogen (secondary N) is 1. The van der Waals surface area contributed by atoms with Gasteiger partial charge in [0, 0.05) is 0 Å². The second-order valence-electron chi connectivity index (χ2n) is 5.32. The van der Waals surface area contributed by atoms with Gasteiger partial charge in [-0.25, -0.2) is 4.79 Å². The number of halogens is 1. The monoisotopic (exact) mass is 284 g/mol. The normalized spacial score (nSPS) is 29.1. The minimum absolute atomic E-state index is 0.000507. The van der Waals surface area contributed by atoms with Gasteiger partial charge >= 0.3 is 5.69 Å². The quantitative estimate of drug-likeness (QED) is 0.858. The molecule has 3 rings (SSSR count). The van der Waals surface area contributed by atoms with E-state index >= 15 is 0 Å². The van der Waals surface area contributed by atoms with E-state index in [1.165, 1.54) is 4.57 Å². The summed E-state index contributed by atoms with van der Waals surface area (Å²) in [7, 11) is 0. The van der Waals surface area contributed by atoms with E-state index < -0.39 is 5.69 Å². The highest BCUT2D eigenvalue weighted by atomic mass is 35.5. The lowest BCUT2D eigenvalue weighted by Crippen LogP contribution is -2.43. The molecule has 5 nitrogen and oxygen atoms in total. The Bertz CT molecular complexity index is 607. The second kappa shape index (κ2) is 4.80. The van der Waals surface area contributed by atoms with Gasteiger partial charge < -0.3 is 4.74 Å². The van der Waals surface area contributed by atoms with Crippen molar-refractivity contribution < 1.29 is 4.74 Å². The molecule has 1 aromatic heterocycles. The van der Waals surface area contributed by atoms with E-state index in [2.05, 4.69) is 4.98 Å². The van der Waals surface area contributed by atoms with E-state index in [9.17, 15) is 9.59 Å². The highest BCUT2D eigenvalue weighted by Crippen LogP contribution is 2.40. The number of hydrogen-bond acceptors (Lipinski definition) is 3. The van der Waals surface area contributed by atoms with Gasteiger partial charge in [-0.2, -0.15) is 0 Å². The van der Waals surface area contributed by atoms with Crippen molar-refractivity contribution in [1.29, 1.82) is 0 Å². The average Bonchev–Trinajstić information content (AvgIpc) is 2.96. The van der Waals surface area contributed by atoms with Crippen molar-refractivity contribution in [2.75, 3.05) is 0 Å². The summed E-state index contributed by atoms with van der Waals surface area (Å²) in [5.41, 5.74) is -0.167. The Morgan fingerprint density at radius 2 is 2.21 bits per heavy atom. The maximum absolute atomic E-state index is 12.5. The van der Waals surface area contributed by atoms with Gasteiger partial charge in [0.25, 0.3) is 5.56 Å². The molecule has 0 aromatic carbocycles. The number of ether oxygens (including phenoxy) is 1. The molecule has 0 spiro atoms. The molecule has 2 aliphatic rings. The van der Waals surface area contributed by atoms with Crippen LogP contribution in [0.25, 0.3) is 0 Å². The van der Waals surface area contributed by atoms with Crippen molar-refractivity contribution in [3.8, 4) is 0 Å². The zero-order valence-electron chi connectivity index (χ0n) is 10.8. The van der Waals surface area contributed by atoms with E-state index in [-0.39, 0.29) is 29.0 Å². The molecule has 2 saturated heterocycles. The zero-order chi connectivity index (χ0) is 13.6. The van der Waals surface area contributed by atoms with Crippen LogP contribution in [0.2, 0.25) is 5.15 Å². The van der Waals surface area contributed by atoms with Crippen LogP contribution in [0.3, 0.4) is 0 Å². The molecular weight excluding hydrogens is 268 g/mol. The number of aromatic amines is 1. The largest absolute Gasteiger partial charge is 0.373 e. The molecule has 19 heavy (non-hydrogen) atoms. The fourth-order valence-electron chi connectivity index (χ4n) is 3.21. The van der Waals surface area contributed by atoms with Crippen LogP contribution < -0.4 is 11.2 Å². The van der Waals surface area contributed by atoms with Gasteiger partial charge in [0.2, 0.25) is 0 Å². The maximum atomic E-state index is 12.5. The minimum atomic E-state index is -0.420. The van der Waals surface area contributed by atoms with Gasteiger partial charge in [-0.05, 0) is 25.7 Å². The summed E-state index contributed by atoms with van der Waals surface area (Å²) >= 11 is 5.97. The van der Waals surface area contributed by atoms with Crippen LogP contribution >= 0.6 is 11.6 Å². The van der Waals surface area contributed by atoms with Gasteiger partial charge in [0.1, 0.15) is 5.15 Å². The van der Waals surface area contributed by atoms with Crippen molar-refractivity contribution in [2.45, 2.75) is 57.3 Å². The Hall–Kier alpha value is -1.07. The number of H-pyrrole nitrogens is 1. The first-order valence-corrected chi connectivity index (χ1v) is 7.18. The molecule has 104 valence electrons. The molecule has 2 aliphatic heterocycles. The second-order valence-corrected chi connectivity index (χ2v) is 5.70. The fourth-order valence-corrected chi connectivity index (χ4v) is 3.47. The predicted molar refractivity (Wildman–Crippen MR) is 71.9 cm³/mol. The number of hydrogen-bond donors (Lipinski definition) is 1. The molecule has 0 saturated carbocycles. The molecule has 1 aromatic rings. The first kappa shape index (κ1) is 12.9. The lowest BCUT2D eigenvalue weighted by molar-refractivity contribution is 0.0927. The van der Waals surface area contributed by atoms with Crippen LogP contribution in [0.15, 0.2) is 9.59 Å². The Labute approximate surface area is 115 Å². The fraction of sp³-hybridized carbons (Fsp3) is 0.692. The number of aromatic nitrogens is 2. The zero-order valence-corrected chi connectivity index (χ0v) is 11.6. The molecule has 2 fully saturated rings. The van der Waals surface area contributed by atoms with Crippen LogP contribution in [0.1, 0.15) is 44.2 Å². The van der Waals surface area contributed by atoms with Crippen LogP contribution in [0, 0.1) is 0 Å². The molecule has 0 amide bonds. The summed E-state index contributed by atoms with van der Waals surface area (Å²) in [5.74, 6) is 0. The molecular formula is C13H17ClN2O3. The van der Waals surface area contributed by atoms with Crippen LogP contribution in [0.4, 0.5) is 0 Å². The molecule has 0 radical (unpaired) electrons. The lowest BCUT2D eigenvalue weighted by atomic mass is 9.95. The van der Waals surface area contributed by atoms with Gasteiger partial charge in [-0.15, -0.1) is 0 Å². The molecule has 3 heterocycles. The summed E-state index contributed by atoms with van der Waals surface area (Å²) in [6.45, 7) is 1.98. The van der Waals surface area contributed by atoms with Gasteiger partial charge in [-0.3, -0.25) is 14.3 Å². The van der Waals surface area contributed by atoms with Crippen molar-refractivity contribution in [2.24, 2.45) is 0 Å². The minimum Gasteiger partial charge on any atom is -0.373 e. The summed E-state index contributed by atoms with van der Waals surface area (Å²) in [5, 5.41) is 0.178. The Morgan fingerprint density at radius 1 is 1.42 bits per heavy atom. The summed E-state index contributed by atoms with van der Waals surface area (Å²) in [4.78, 5) is 27.1. The van der Waals surface area contributed by atoms with Crippen LogP contribution in [0.5, 0.6) is 0 Å². The van der Waals surface area contributed by atoms with Crippen molar-refractivity contribution in [3.05, 3.63) is 31.6 Å². The summed E-state index contributed by atoms with van der Waals surface area (Å²) < 4.78 is 7.05. The maximum Gasteiger partial charge on any atom is 0.329 e. The molecule has 0 aliphatic carbocycles. The number of nitrogens with zero attached hydrogens (tertiary/aromatic N) is 1. The molecule has 1 N–H and O–H groups in total. The third kappa shape index (κ3) is 2.05. The van der Waals surface area contributed by atoms with Gasteiger partial charge in [0.05, 0.1) is 23.8 Å². The Morgan fingerprint density at radius 3 is 2.79 bits per heavy atom. The van der Waals surface area contributed by atoms with E-state index in [1.54, 1.807) is 0 Å². The topological polar surface area (TPSA) is 64.1 Å². The Kier molecular flexibility index (Phi) is 3.27. The third-order valence-corrected chi connectivity index (χ3v) is 4.41. The standard InChI is InChI=1S/C13H17ClN2O3/c1-2-3-8-11(14)15-13(18)16(12(8)17)9-6-7-4-5-10(9)19-7/h7,9-10H,2-6H2,1H3,(H,15,18). The van der Waals surface area contributed by atoms with Crippen molar-refractivity contribution in [1.82, 2.24) is 9.55 Å². The highest BCUT2D eigenvalue weighted by Gasteiger charge is 2.43.